The van der Waals surface area contributed by atoms with Crippen LogP contribution >= 0.6 is 11.6 Å². The van der Waals surface area contributed by atoms with Crippen LogP contribution in [0, 0.1) is 0 Å². The molecule has 0 aliphatic rings. The van der Waals surface area contributed by atoms with E-state index >= 15 is 0 Å². The van der Waals surface area contributed by atoms with Gasteiger partial charge in [0.1, 0.15) is 18.0 Å². The lowest BCUT2D eigenvalue weighted by Crippen LogP contribution is -2.40. The molecule has 1 atom stereocenters. The van der Waals surface area contributed by atoms with Gasteiger partial charge >= 0.3 is 0 Å². The minimum atomic E-state index is -1.01. The summed E-state index contributed by atoms with van der Waals surface area (Å²) in [6, 6.07) is 7.11. The Kier molecular flexibility index (Phi) is 3.75. The van der Waals surface area contributed by atoms with Gasteiger partial charge in [0.05, 0.1) is 5.02 Å². The largest absolute Gasteiger partial charge is 0.489 e. The van der Waals surface area contributed by atoms with Crippen molar-refractivity contribution in [2.45, 2.75) is 12.5 Å². The number of hydrogen-bond acceptors (Lipinski definition) is 3. The van der Waals surface area contributed by atoms with Gasteiger partial charge in [-0.25, -0.2) is 0 Å². The Balaban J connectivity index is 2.58. The van der Waals surface area contributed by atoms with Crippen molar-refractivity contribution < 1.29 is 9.84 Å². The molecule has 0 saturated carbocycles. The normalized spacial score (nSPS) is 14.9. The zero-order valence-corrected chi connectivity index (χ0v) is 8.79. The molecule has 0 saturated heterocycles. The number of halogens is 1. The summed E-state index contributed by atoms with van der Waals surface area (Å²) in [7, 11) is 0. The second-order valence-corrected chi connectivity index (χ2v) is 3.83. The fourth-order valence-electron chi connectivity index (χ4n) is 0.854. The predicted octanol–water partition coefficient (Wildman–Crippen LogP) is 1.43. The Morgan fingerprint density at radius 3 is 2.71 bits per heavy atom. The highest BCUT2D eigenvalue weighted by Crippen LogP contribution is 2.23. The van der Waals surface area contributed by atoms with E-state index in [0.717, 1.165) is 0 Å². The number of aliphatic hydroxyl groups is 1. The molecular formula is C10H14ClNO2. The Labute approximate surface area is 88.4 Å². The maximum absolute atomic E-state index is 9.58. The molecule has 1 rings (SSSR count). The molecular weight excluding hydrogens is 202 g/mol. The smallest absolute Gasteiger partial charge is 0.138 e. The first-order valence-corrected chi connectivity index (χ1v) is 4.73. The molecule has 0 fully saturated rings. The standard InChI is InChI=1S/C10H14ClNO2/c1-10(13,6-12)7-14-9-5-3-2-4-8(9)11/h2-5,13H,6-7,12H2,1H3. The molecule has 78 valence electrons. The van der Waals surface area contributed by atoms with Crippen molar-refractivity contribution in [3.05, 3.63) is 29.3 Å². The van der Waals surface area contributed by atoms with Crippen molar-refractivity contribution in [3.8, 4) is 5.75 Å². The van der Waals surface area contributed by atoms with Crippen LogP contribution in [0.2, 0.25) is 5.02 Å². The first kappa shape index (κ1) is 11.3. The fraction of sp³-hybridized carbons (Fsp3) is 0.400. The highest BCUT2D eigenvalue weighted by atomic mass is 35.5. The van der Waals surface area contributed by atoms with Crippen molar-refractivity contribution >= 4 is 11.6 Å². The highest BCUT2D eigenvalue weighted by molar-refractivity contribution is 6.32. The molecule has 0 amide bonds. The van der Waals surface area contributed by atoms with E-state index in [9.17, 15) is 5.11 Å². The van der Waals surface area contributed by atoms with Gasteiger partial charge in [-0.3, -0.25) is 0 Å². The van der Waals surface area contributed by atoms with Crippen LogP contribution in [-0.2, 0) is 0 Å². The molecule has 1 unspecified atom stereocenters. The molecule has 1 aromatic carbocycles. The van der Waals surface area contributed by atoms with E-state index in [0.29, 0.717) is 10.8 Å². The van der Waals surface area contributed by atoms with Gasteiger partial charge in [0, 0.05) is 6.54 Å². The van der Waals surface area contributed by atoms with Crippen molar-refractivity contribution in [3.63, 3.8) is 0 Å². The first-order valence-electron chi connectivity index (χ1n) is 4.35. The van der Waals surface area contributed by atoms with E-state index in [-0.39, 0.29) is 13.2 Å². The molecule has 0 bridgehead atoms. The molecule has 4 heteroatoms. The molecule has 0 radical (unpaired) electrons. The molecule has 3 N–H and O–H groups in total. The molecule has 0 aliphatic heterocycles. The van der Waals surface area contributed by atoms with E-state index in [4.69, 9.17) is 22.1 Å². The zero-order valence-electron chi connectivity index (χ0n) is 8.03. The molecule has 1 aromatic rings. The van der Waals surface area contributed by atoms with E-state index in [2.05, 4.69) is 0 Å². The van der Waals surface area contributed by atoms with Gasteiger partial charge in [-0.05, 0) is 19.1 Å². The Bertz CT molecular complexity index is 302. The maximum atomic E-state index is 9.58. The SMILES string of the molecule is CC(O)(CN)COc1ccccc1Cl. The number of rotatable bonds is 4. The second-order valence-electron chi connectivity index (χ2n) is 3.42. The topological polar surface area (TPSA) is 55.5 Å². The third kappa shape index (κ3) is 3.18. The van der Waals surface area contributed by atoms with Crippen molar-refractivity contribution in [2.24, 2.45) is 5.73 Å². The lowest BCUT2D eigenvalue weighted by atomic mass is 10.1. The van der Waals surface area contributed by atoms with Gasteiger partial charge in [-0.2, -0.15) is 0 Å². The quantitative estimate of drug-likeness (QED) is 0.799. The maximum Gasteiger partial charge on any atom is 0.138 e. The van der Waals surface area contributed by atoms with Gasteiger partial charge < -0.3 is 15.6 Å². The monoisotopic (exact) mass is 215 g/mol. The molecule has 0 spiro atoms. The number of benzene rings is 1. The van der Waals surface area contributed by atoms with Crippen LogP contribution in [0.15, 0.2) is 24.3 Å². The van der Waals surface area contributed by atoms with Gasteiger partial charge in [0.15, 0.2) is 0 Å². The lowest BCUT2D eigenvalue weighted by Gasteiger charge is -2.21. The molecule has 0 aromatic heterocycles. The molecule has 0 aliphatic carbocycles. The van der Waals surface area contributed by atoms with Gasteiger partial charge in [-0.1, -0.05) is 23.7 Å². The van der Waals surface area contributed by atoms with Crippen LogP contribution in [0.3, 0.4) is 0 Å². The number of para-hydroxylation sites is 1. The molecule has 3 nitrogen and oxygen atoms in total. The fourth-order valence-corrected chi connectivity index (χ4v) is 1.04. The Morgan fingerprint density at radius 2 is 2.14 bits per heavy atom. The summed E-state index contributed by atoms with van der Waals surface area (Å²) in [6.07, 6.45) is 0. The van der Waals surface area contributed by atoms with E-state index in [1.54, 1.807) is 19.1 Å². The molecule has 0 heterocycles. The van der Waals surface area contributed by atoms with Crippen LogP contribution < -0.4 is 10.5 Å². The van der Waals surface area contributed by atoms with Gasteiger partial charge in [0.25, 0.3) is 0 Å². The molecule has 14 heavy (non-hydrogen) atoms. The van der Waals surface area contributed by atoms with Crippen molar-refractivity contribution in [1.29, 1.82) is 0 Å². The highest BCUT2D eigenvalue weighted by Gasteiger charge is 2.19. The zero-order chi connectivity index (χ0) is 10.6. The third-order valence-electron chi connectivity index (χ3n) is 1.82. The average Bonchev–Trinajstić information content (AvgIpc) is 2.17. The summed E-state index contributed by atoms with van der Waals surface area (Å²) in [5.74, 6) is 0.558. The van der Waals surface area contributed by atoms with Crippen LogP contribution in [0.25, 0.3) is 0 Å². The summed E-state index contributed by atoms with van der Waals surface area (Å²) < 4.78 is 5.33. The number of ether oxygens (including phenoxy) is 1. The summed E-state index contributed by atoms with van der Waals surface area (Å²) in [4.78, 5) is 0. The second kappa shape index (κ2) is 4.64. The third-order valence-corrected chi connectivity index (χ3v) is 2.13. The lowest BCUT2D eigenvalue weighted by molar-refractivity contribution is 0.0196. The number of nitrogens with two attached hydrogens (primary N) is 1. The first-order chi connectivity index (χ1) is 6.55. The van der Waals surface area contributed by atoms with E-state index in [1.807, 2.05) is 12.1 Å². The summed E-state index contributed by atoms with van der Waals surface area (Å²) in [5, 5.41) is 10.1. The summed E-state index contributed by atoms with van der Waals surface area (Å²) >= 11 is 5.86. The summed E-state index contributed by atoms with van der Waals surface area (Å²) in [6.45, 7) is 1.90. The van der Waals surface area contributed by atoms with Gasteiger partial charge in [-0.15, -0.1) is 0 Å². The van der Waals surface area contributed by atoms with Crippen molar-refractivity contribution in [2.75, 3.05) is 13.2 Å². The Hall–Kier alpha value is -0.770. The van der Waals surface area contributed by atoms with Crippen LogP contribution in [-0.4, -0.2) is 23.9 Å². The van der Waals surface area contributed by atoms with E-state index < -0.39 is 5.60 Å². The minimum absolute atomic E-state index is 0.132. The van der Waals surface area contributed by atoms with Crippen LogP contribution in [0.1, 0.15) is 6.92 Å². The minimum Gasteiger partial charge on any atom is -0.489 e. The Morgan fingerprint density at radius 1 is 1.50 bits per heavy atom. The van der Waals surface area contributed by atoms with Gasteiger partial charge in [0.2, 0.25) is 0 Å². The van der Waals surface area contributed by atoms with E-state index in [1.165, 1.54) is 0 Å². The van der Waals surface area contributed by atoms with Crippen LogP contribution in [0.5, 0.6) is 5.75 Å². The average molecular weight is 216 g/mol. The van der Waals surface area contributed by atoms with Crippen LogP contribution in [0.4, 0.5) is 0 Å². The number of hydrogen-bond donors (Lipinski definition) is 2. The summed E-state index contributed by atoms with van der Waals surface area (Å²) in [5.41, 5.74) is 4.33. The predicted molar refractivity (Wildman–Crippen MR) is 56.6 cm³/mol. The van der Waals surface area contributed by atoms with Crippen molar-refractivity contribution in [1.82, 2.24) is 0 Å².